The number of pyridine rings is 1. The van der Waals surface area contributed by atoms with Crippen LogP contribution >= 0.6 is 12.2 Å². The first-order chi connectivity index (χ1) is 12.5. The Hall–Kier alpha value is -3.32. The molecule has 0 unspecified atom stereocenters. The zero-order valence-electron chi connectivity index (χ0n) is 13.8. The summed E-state index contributed by atoms with van der Waals surface area (Å²) in [6.45, 7) is 0. The van der Waals surface area contributed by atoms with Gasteiger partial charge >= 0.3 is 0 Å². The van der Waals surface area contributed by atoms with Crippen molar-refractivity contribution in [1.29, 1.82) is 0 Å². The number of hydrogen-bond acceptors (Lipinski definition) is 4. The number of carbonyl (C=O) groups is 1. The van der Waals surface area contributed by atoms with Crippen LogP contribution in [0.15, 0.2) is 59.5 Å². The smallest absolute Gasteiger partial charge is 0.261 e. The van der Waals surface area contributed by atoms with Gasteiger partial charge in [-0.05, 0) is 42.5 Å². The Morgan fingerprint density at radius 2 is 2.00 bits per heavy atom. The number of fused-ring (bicyclic) bond motifs is 2. The van der Waals surface area contributed by atoms with Gasteiger partial charge in [0.15, 0.2) is 4.77 Å². The Bertz CT molecular complexity index is 1290. The van der Waals surface area contributed by atoms with Crippen LogP contribution in [0.25, 0.3) is 21.8 Å². The molecule has 0 bridgehead atoms. The number of benzene rings is 2. The van der Waals surface area contributed by atoms with Crippen molar-refractivity contribution >= 4 is 45.6 Å². The summed E-state index contributed by atoms with van der Waals surface area (Å²) in [7, 11) is 1.61. The lowest BCUT2D eigenvalue weighted by Gasteiger charge is -2.08. The summed E-state index contributed by atoms with van der Waals surface area (Å²) in [5.41, 5.74) is 2.21. The lowest BCUT2D eigenvalue weighted by molar-refractivity contribution is 0.102. The summed E-state index contributed by atoms with van der Waals surface area (Å²) in [5.74, 6) is -0.288. The topological polar surface area (TPSA) is 79.8 Å². The van der Waals surface area contributed by atoms with Gasteiger partial charge in [0.2, 0.25) is 0 Å². The molecular weight excluding hydrogens is 348 g/mol. The number of hydrogen-bond donors (Lipinski definition) is 2. The molecule has 4 rings (SSSR count). The number of aromatic amines is 1. The van der Waals surface area contributed by atoms with E-state index in [1.807, 2.05) is 30.3 Å². The van der Waals surface area contributed by atoms with Crippen LogP contribution < -0.4 is 10.9 Å². The molecule has 0 fully saturated rings. The van der Waals surface area contributed by atoms with Crippen molar-refractivity contribution in [1.82, 2.24) is 14.5 Å². The van der Waals surface area contributed by atoms with Crippen molar-refractivity contribution < 1.29 is 4.79 Å². The van der Waals surface area contributed by atoms with E-state index in [1.165, 1.54) is 4.57 Å². The number of amides is 1. The highest BCUT2D eigenvalue weighted by molar-refractivity contribution is 7.71. The quantitative estimate of drug-likeness (QED) is 0.536. The van der Waals surface area contributed by atoms with Gasteiger partial charge in [-0.3, -0.25) is 19.1 Å². The predicted octanol–water partition coefficient (Wildman–Crippen LogP) is 3.40. The fraction of sp³-hybridized carbons (Fsp3) is 0.0526. The first-order valence-corrected chi connectivity index (χ1v) is 8.33. The molecule has 0 aliphatic rings. The molecule has 2 heterocycles. The molecule has 2 N–H and O–H groups in total. The maximum Gasteiger partial charge on any atom is 0.261 e. The van der Waals surface area contributed by atoms with Gasteiger partial charge in [-0.1, -0.05) is 18.2 Å². The molecular formula is C19H14N4O2S. The molecule has 2 aromatic carbocycles. The zero-order chi connectivity index (χ0) is 18.3. The number of nitrogens with zero attached hydrogens (tertiary/aromatic N) is 2. The average molecular weight is 362 g/mol. The van der Waals surface area contributed by atoms with Gasteiger partial charge in [0.25, 0.3) is 11.5 Å². The molecule has 2 aromatic heterocycles. The van der Waals surface area contributed by atoms with E-state index in [4.69, 9.17) is 12.2 Å². The van der Waals surface area contributed by atoms with E-state index in [0.717, 1.165) is 10.9 Å². The maximum absolute atomic E-state index is 12.6. The number of anilines is 1. The van der Waals surface area contributed by atoms with Crippen LogP contribution in [-0.4, -0.2) is 20.4 Å². The third kappa shape index (κ3) is 2.78. The largest absolute Gasteiger partial charge is 0.332 e. The summed E-state index contributed by atoms with van der Waals surface area (Å²) >= 11 is 5.13. The summed E-state index contributed by atoms with van der Waals surface area (Å²) in [6.07, 6.45) is 1.62. The third-order valence-corrected chi connectivity index (χ3v) is 4.59. The summed E-state index contributed by atoms with van der Waals surface area (Å²) in [5, 5.41) is 4.25. The fourth-order valence-electron chi connectivity index (χ4n) is 2.79. The van der Waals surface area contributed by atoms with Crippen LogP contribution in [0.5, 0.6) is 0 Å². The van der Waals surface area contributed by atoms with Gasteiger partial charge in [-0.25, -0.2) is 0 Å². The van der Waals surface area contributed by atoms with Crippen molar-refractivity contribution in [2.24, 2.45) is 7.05 Å². The van der Waals surface area contributed by atoms with Gasteiger partial charge in [-0.15, -0.1) is 0 Å². The summed E-state index contributed by atoms with van der Waals surface area (Å²) in [6, 6.07) is 14.4. The molecule has 0 atom stereocenters. The Labute approximate surface area is 153 Å². The van der Waals surface area contributed by atoms with Crippen molar-refractivity contribution in [3.05, 3.63) is 75.4 Å². The molecule has 0 saturated heterocycles. The first kappa shape index (κ1) is 16.2. The van der Waals surface area contributed by atoms with Gasteiger partial charge in [0.1, 0.15) is 0 Å². The van der Waals surface area contributed by atoms with Gasteiger partial charge < -0.3 is 10.3 Å². The third-order valence-electron chi connectivity index (χ3n) is 4.21. The average Bonchev–Trinajstić information content (AvgIpc) is 2.65. The Kier molecular flexibility index (Phi) is 3.85. The molecule has 128 valence electrons. The second-order valence-corrected chi connectivity index (χ2v) is 6.31. The van der Waals surface area contributed by atoms with Crippen LogP contribution in [0, 0.1) is 4.77 Å². The lowest BCUT2D eigenvalue weighted by Crippen LogP contribution is -2.19. The normalized spacial score (nSPS) is 11.0. The molecule has 7 heteroatoms. The molecule has 0 spiro atoms. The number of para-hydroxylation sites is 1. The summed E-state index contributed by atoms with van der Waals surface area (Å²) in [4.78, 5) is 32.1. The van der Waals surface area contributed by atoms with Crippen molar-refractivity contribution in [3.63, 3.8) is 0 Å². The first-order valence-electron chi connectivity index (χ1n) is 7.92. The highest BCUT2D eigenvalue weighted by Crippen LogP contribution is 2.17. The van der Waals surface area contributed by atoms with Gasteiger partial charge in [0.05, 0.1) is 28.3 Å². The van der Waals surface area contributed by atoms with E-state index in [9.17, 15) is 9.59 Å². The maximum atomic E-state index is 12.6. The number of rotatable bonds is 2. The molecule has 4 aromatic rings. The van der Waals surface area contributed by atoms with Crippen molar-refractivity contribution in [3.8, 4) is 0 Å². The van der Waals surface area contributed by atoms with E-state index >= 15 is 0 Å². The predicted molar refractivity (Wildman–Crippen MR) is 104 cm³/mol. The molecule has 0 saturated carbocycles. The standard InChI is InChI=1S/C19H14N4O2S/c1-23-18(25)14-7-6-12(9-16(14)22-19(23)26)17(24)21-13-8-11-4-2-3-5-15(11)20-10-13/h2-10H,1H3,(H,21,24)(H,22,26). The molecule has 1 amide bonds. The fourth-order valence-corrected chi connectivity index (χ4v) is 2.98. The number of aromatic nitrogens is 3. The Morgan fingerprint density at radius 3 is 2.85 bits per heavy atom. The zero-order valence-corrected chi connectivity index (χ0v) is 14.6. The van der Waals surface area contributed by atoms with Crippen molar-refractivity contribution in [2.75, 3.05) is 5.32 Å². The Balaban J connectivity index is 1.70. The number of carbonyl (C=O) groups excluding carboxylic acids is 1. The minimum atomic E-state index is -0.288. The monoisotopic (exact) mass is 362 g/mol. The SMILES string of the molecule is Cn1c(=S)[nH]c2cc(C(=O)Nc3cnc4ccccc4c3)ccc2c1=O. The van der Waals surface area contributed by atoms with Gasteiger partial charge in [-0.2, -0.15) is 0 Å². The van der Waals surface area contributed by atoms with Crippen LogP contribution in [0.2, 0.25) is 0 Å². The van der Waals surface area contributed by atoms with Crippen molar-refractivity contribution in [2.45, 2.75) is 0 Å². The minimum Gasteiger partial charge on any atom is -0.332 e. The highest BCUT2D eigenvalue weighted by Gasteiger charge is 2.10. The molecule has 0 aliphatic heterocycles. The van der Waals surface area contributed by atoms with E-state index in [2.05, 4.69) is 15.3 Å². The van der Waals surface area contributed by atoms with E-state index in [-0.39, 0.29) is 11.5 Å². The molecule has 26 heavy (non-hydrogen) atoms. The summed E-state index contributed by atoms with van der Waals surface area (Å²) < 4.78 is 1.66. The second kappa shape index (κ2) is 6.20. The van der Waals surface area contributed by atoms with E-state index < -0.39 is 0 Å². The number of nitrogens with one attached hydrogen (secondary N) is 2. The number of H-pyrrole nitrogens is 1. The molecule has 6 nitrogen and oxygen atoms in total. The van der Waals surface area contributed by atoms with E-state index in [0.29, 0.717) is 26.9 Å². The molecule has 0 aliphatic carbocycles. The van der Waals surface area contributed by atoms with Crippen LogP contribution in [-0.2, 0) is 7.05 Å². The van der Waals surface area contributed by atoms with Crippen LogP contribution in [0.3, 0.4) is 0 Å². The second-order valence-electron chi connectivity index (χ2n) is 5.93. The molecule has 0 radical (unpaired) electrons. The Morgan fingerprint density at radius 1 is 1.19 bits per heavy atom. The lowest BCUT2D eigenvalue weighted by atomic mass is 10.1. The highest BCUT2D eigenvalue weighted by atomic mass is 32.1. The minimum absolute atomic E-state index is 0.200. The van der Waals surface area contributed by atoms with Crippen LogP contribution in [0.1, 0.15) is 10.4 Å². The van der Waals surface area contributed by atoms with Crippen LogP contribution in [0.4, 0.5) is 5.69 Å². The van der Waals surface area contributed by atoms with E-state index in [1.54, 1.807) is 31.4 Å². The van der Waals surface area contributed by atoms with Gasteiger partial charge in [0, 0.05) is 18.0 Å².